The second kappa shape index (κ2) is 7.17. The van der Waals surface area contributed by atoms with E-state index in [1.165, 1.54) is 12.8 Å². The van der Waals surface area contributed by atoms with Gasteiger partial charge in [-0.25, -0.2) is 9.97 Å². The normalized spacial score (nSPS) is 17.1. The topological polar surface area (TPSA) is 71.4 Å². The molecule has 6 nitrogen and oxygen atoms in total. The van der Waals surface area contributed by atoms with Crippen molar-refractivity contribution in [2.45, 2.75) is 25.7 Å². The smallest absolute Gasteiger partial charge is 0.222 e. The molecule has 0 radical (unpaired) electrons. The Morgan fingerprint density at radius 2 is 2.33 bits per heavy atom. The molecule has 0 amide bonds. The van der Waals surface area contributed by atoms with Gasteiger partial charge in [0.05, 0.1) is 17.9 Å². The molecule has 126 valence electrons. The highest BCUT2D eigenvalue weighted by Crippen LogP contribution is 2.34. The van der Waals surface area contributed by atoms with Crippen molar-refractivity contribution in [3.63, 3.8) is 0 Å². The van der Waals surface area contributed by atoms with Crippen LogP contribution < -0.4 is 15.4 Å². The van der Waals surface area contributed by atoms with E-state index in [4.69, 9.17) is 4.74 Å². The molecule has 0 unspecified atom stereocenters. The number of anilines is 1. The third-order valence-electron chi connectivity index (χ3n) is 4.14. The molecule has 3 heterocycles. The Kier molecular flexibility index (Phi) is 4.60. The predicted molar refractivity (Wildman–Crippen MR) is 96.7 cm³/mol. The number of rotatable bonds is 6. The van der Waals surface area contributed by atoms with Crippen LogP contribution in [0.25, 0.3) is 11.3 Å². The molecule has 1 saturated carbocycles. The van der Waals surface area contributed by atoms with Gasteiger partial charge in [0.1, 0.15) is 0 Å². The van der Waals surface area contributed by atoms with E-state index in [9.17, 15) is 0 Å². The third kappa shape index (κ3) is 3.84. The van der Waals surface area contributed by atoms with E-state index in [1.807, 2.05) is 17.5 Å². The molecule has 1 aliphatic carbocycles. The number of hydrogen-bond donors (Lipinski definition) is 2. The van der Waals surface area contributed by atoms with E-state index < -0.39 is 0 Å². The Morgan fingerprint density at radius 1 is 1.38 bits per heavy atom. The lowest BCUT2D eigenvalue weighted by Gasteiger charge is -2.14. The van der Waals surface area contributed by atoms with Gasteiger partial charge in [-0.05, 0) is 30.9 Å². The van der Waals surface area contributed by atoms with Gasteiger partial charge in [0, 0.05) is 24.7 Å². The minimum Gasteiger partial charge on any atom is -0.477 e. The molecule has 0 spiro atoms. The number of guanidine groups is 1. The lowest BCUT2D eigenvalue weighted by molar-refractivity contribution is 0.292. The molecule has 24 heavy (non-hydrogen) atoms. The predicted octanol–water partition coefficient (Wildman–Crippen LogP) is 3.15. The Balaban J connectivity index is 1.45. The fourth-order valence-electron chi connectivity index (χ4n) is 2.60. The van der Waals surface area contributed by atoms with E-state index in [0.29, 0.717) is 5.88 Å². The summed E-state index contributed by atoms with van der Waals surface area (Å²) in [6.07, 6.45) is 6.65. The largest absolute Gasteiger partial charge is 0.477 e. The molecule has 2 aliphatic rings. The van der Waals surface area contributed by atoms with Crippen LogP contribution in [0.5, 0.6) is 5.88 Å². The molecule has 0 atom stereocenters. The zero-order chi connectivity index (χ0) is 16.2. The molecule has 1 aliphatic heterocycles. The van der Waals surface area contributed by atoms with Crippen molar-refractivity contribution in [1.29, 1.82) is 0 Å². The molecule has 2 aromatic heterocycles. The van der Waals surface area contributed by atoms with Crippen LogP contribution in [0.3, 0.4) is 0 Å². The lowest BCUT2D eigenvalue weighted by atomic mass is 10.2. The second-order valence-electron chi connectivity index (χ2n) is 6.11. The van der Waals surface area contributed by atoms with E-state index in [-0.39, 0.29) is 0 Å². The molecule has 4 rings (SSSR count). The van der Waals surface area contributed by atoms with Crippen LogP contribution in [-0.4, -0.2) is 35.6 Å². The number of pyridine rings is 1. The average molecular weight is 343 g/mol. The van der Waals surface area contributed by atoms with Crippen LogP contribution in [0, 0.1) is 5.92 Å². The van der Waals surface area contributed by atoms with E-state index in [1.54, 1.807) is 17.5 Å². The first-order valence-electron chi connectivity index (χ1n) is 8.47. The zero-order valence-electron chi connectivity index (χ0n) is 13.5. The van der Waals surface area contributed by atoms with Crippen LogP contribution in [0.1, 0.15) is 25.7 Å². The van der Waals surface area contributed by atoms with Gasteiger partial charge >= 0.3 is 0 Å². The fourth-order valence-corrected chi connectivity index (χ4v) is 3.31. The summed E-state index contributed by atoms with van der Waals surface area (Å²) in [6.45, 7) is 2.53. The third-order valence-corrected chi connectivity index (χ3v) is 4.89. The number of nitrogens with one attached hydrogen (secondary N) is 2. The van der Waals surface area contributed by atoms with Crippen molar-refractivity contribution in [2.24, 2.45) is 10.9 Å². The zero-order valence-corrected chi connectivity index (χ0v) is 14.3. The fraction of sp³-hybridized carbons (Fsp3) is 0.471. The summed E-state index contributed by atoms with van der Waals surface area (Å²) in [5.41, 5.74) is 1.82. The van der Waals surface area contributed by atoms with E-state index in [2.05, 4.69) is 25.6 Å². The van der Waals surface area contributed by atoms with Crippen LogP contribution in [0.15, 0.2) is 28.7 Å². The number of aromatic nitrogens is 2. The van der Waals surface area contributed by atoms with Crippen molar-refractivity contribution >= 4 is 22.4 Å². The molecule has 2 aromatic rings. The molecular formula is C17H21N5OS. The Labute approximate surface area is 145 Å². The van der Waals surface area contributed by atoms with Crippen molar-refractivity contribution in [3.8, 4) is 17.1 Å². The van der Waals surface area contributed by atoms with Crippen LogP contribution in [0.2, 0.25) is 0 Å². The first-order chi connectivity index (χ1) is 11.9. The maximum atomic E-state index is 5.90. The number of hydrogen-bond acceptors (Lipinski definition) is 7. The van der Waals surface area contributed by atoms with Gasteiger partial charge in [0.25, 0.3) is 0 Å². The highest BCUT2D eigenvalue weighted by Gasteiger charge is 2.21. The van der Waals surface area contributed by atoms with Gasteiger partial charge in [-0.15, -0.1) is 11.3 Å². The first-order valence-corrected chi connectivity index (χ1v) is 9.35. The van der Waals surface area contributed by atoms with Gasteiger partial charge in [0.2, 0.25) is 5.88 Å². The minimum atomic E-state index is 0.670. The molecule has 0 saturated heterocycles. The molecular weight excluding hydrogens is 322 g/mol. The summed E-state index contributed by atoms with van der Waals surface area (Å²) >= 11 is 1.56. The molecule has 2 N–H and O–H groups in total. The highest BCUT2D eigenvalue weighted by molar-refractivity contribution is 7.14. The highest BCUT2D eigenvalue weighted by atomic mass is 32.1. The number of aliphatic imine (C=N–C) groups is 1. The summed E-state index contributed by atoms with van der Waals surface area (Å²) in [4.78, 5) is 13.5. The molecule has 1 fully saturated rings. The number of thiazole rings is 1. The monoisotopic (exact) mass is 343 g/mol. The van der Waals surface area contributed by atoms with Crippen molar-refractivity contribution < 1.29 is 4.74 Å². The quantitative estimate of drug-likeness (QED) is 0.843. The van der Waals surface area contributed by atoms with Crippen LogP contribution in [-0.2, 0) is 0 Å². The first kappa shape index (κ1) is 15.4. The Morgan fingerprint density at radius 3 is 3.17 bits per heavy atom. The van der Waals surface area contributed by atoms with Gasteiger partial charge in [-0.3, -0.25) is 4.99 Å². The molecule has 7 heteroatoms. The van der Waals surface area contributed by atoms with E-state index in [0.717, 1.165) is 60.8 Å². The lowest BCUT2D eigenvalue weighted by Crippen LogP contribution is -2.35. The maximum Gasteiger partial charge on any atom is 0.222 e. The van der Waals surface area contributed by atoms with Gasteiger partial charge in [-0.2, -0.15) is 0 Å². The summed E-state index contributed by atoms with van der Waals surface area (Å²) < 4.78 is 5.90. The number of ether oxygens (including phenoxy) is 1. The average Bonchev–Trinajstić information content (AvgIpc) is 3.33. The second-order valence-corrected chi connectivity index (χ2v) is 6.97. The van der Waals surface area contributed by atoms with E-state index >= 15 is 0 Å². The van der Waals surface area contributed by atoms with Crippen molar-refractivity contribution in [1.82, 2.24) is 15.3 Å². The summed E-state index contributed by atoms with van der Waals surface area (Å²) in [5, 5.41) is 9.33. The maximum absolute atomic E-state index is 5.90. The van der Waals surface area contributed by atoms with Crippen LogP contribution >= 0.6 is 11.3 Å². The molecule has 0 bridgehead atoms. The summed E-state index contributed by atoms with van der Waals surface area (Å²) in [6, 6.07) is 3.93. The van der Waals surface area contributed by atoms with Gasteiger partial charge in [0.15, 0.2) is 11.1 Å². The van der Waals surface area contributed by atoms with Gasteiger partial charge in [-0.1, -0.05) is 12.8 Å². The Bertz CT molecular complexity index is 725. The van der Waals surface area contributed by atoms with Gasteiger partial charge < -0.3 is 15.4 Å². The summed E-state index contributed by atoms with van der Waals surface area (Å²) in [5.74, 6) is 2.33. The van der Waals surface area contributed by atoms with Crippen molar-refractivity contribution in [2.75, 3.05) is 25.0 Å². The van der Waals surface area contributed by atoms with Crippen LogP contribution in [0.4, 0.5) is 5.13 Å². The Hall–Kier alpha value is -2.15. The van der Waals surface area contributed by atoms with Crippen molar-refractivity contribution in [3.05, 3.63) is 23.7 Å². The standard InChI is InChI=1S/C17H21N5OS/c1-3-13(15(18-7-1)23-10-6-12-4-5-12)14-11-24-17(21-14)22-16-19-8-2-9-20-16/h1,3,7,11-12H,2,4-6,8-10H2,(H2,19,20,21,22). The molecule has 0 aromatic carbocycles. The SMILES string of the molecule is c1cnc(OCCC2CC2)c(-c2csc(NC3=NCCCN3)n2)c1. The number of nitrogens with zero attached hydrogens (tertiary/aromatic N) is 3. The minimum absolute atomic E-state index is 0.670. The summed E-state index contributed by atoms with van der Waals surface area (Å²) in [7, 11) is 0.